The Kier molecular flexibility index (Phi) is 4.83. The second-order valence-electron chi connectivity index (χ2n) is 7.27. The van der Waals surface area contributed by atoms with Crippen LogP contribution in [0.5, 0.6) is 0 Å². The van der Waals surface area contributed by atoms with Gasteiger partial charge in [0.2, 0.25) is 0 Å². The van der Waals surface area contributed by atoms with Crippen molar-refractivity contribution >= 4 is 22.6 Å². The van der Waals surface area contributed by atoms with Crippen LogP contribution in [0, 0.1) is 6.92 Å². The van der Waals surface area contributed by atoms with Crippen molar-refractivity contribution in [3.63, 3.8) is 0 Å². The van der Waals surface area contributed by atoms with Crippen molar-refractivity contribution in [3.05, 3.63) is 75.7 Å². The van der Waals surface area contributed by atoms with Crippen molar-refractivity contribution in [2.45, 2.75) is 19.9 Å². The molecule has 0 bridgehead atoms. The summed E-state index contributed by atoms with van der Waals surface area (Å²) in [6, 6.07) is 12.0. The van der Waals surface area contributed by atoms with Crippen LogP contribution in [0.4, 0.5) is 5.69 Å². The molecule has 0 saturated heterocycles. The number of fused-ring (bicyclic) bond motifs is 1. The number of anilines is 1. The molecule has 0 spiro atoms. The van der Waals surface area contributed by atoms with E-state index in [1.54, 1.807) is 37.5 Å². The topological polar surface area (TPSA) is 113 Å². The lowest BCUT2D eigenvalue weighted by Crippen LogP contribution is -2.22. The molecule has 8 heteroatoms. The first-order valence-electron chi connectivity index (χ1n) is 9.46. The molecule has 0 aliphatic carbocycles. The van der Waals surface area contributed by atoms with Crippen molar-refractivity contribution < 1.29 is 9.90 Å². The van der Waals surface area contributed by atoms with Gasteiger partial charge in [0, 0.05) is 24.5 Å². The Bertz CT molecular complexity index is 1310. The van der Waals surface area contributed by atoms with E-state index in [1.165, 1.54) is 4.57 Å². The van der Waals surface area contributed by atoms with Gasteiger partial charge < -0.3 is 10.4 Å². The summed E-state index contributed by atoms with van der Waals surface area (Å²) in [4.78, 5) is 29.1. The zero-order chi connectivity index (χ0) is 21.4. The zero-order valence-electron chi connectivity index (χ0n) is 16.8. The molecule has 30 heavy (non-hydrogen) atoms. The molecule has 1 unspecified atom stereocenters. The molecule has 3 N–H and O–H groups in total. The van der Waals surface area contributed by atoms with Gasteiger partial charge in [-0.15, -0.1) is 0 Å². The van der Waals surface area contributed by atoms with E-state index in [9.17, 15) is 14.7 Å². The average molecular weight is 403 g/mol. The normalized spacial score (nSPS) is 12.1. The molecule has 0 radical (unpaired) electrons. The number of rotatable bonds is 5. The van der Waals surface area contributed by atoms with Gasteiger partial charge in [-0.3, -0.25) is 14.5 Å². The zero-order valence-corrected chi connectivity index (χ0v) is 16.8. The fourth-order valence-corrected chi connectivity index (χ4v) is 3.57. The molecule has 0 fully saturated rings. The van der Waals surface area contributed by atoms with E-state index in [4.69, 9.17) is 4.98 Å². The van der Waals surface area contributed by atoms with Crippen LogP contribution < -0.4 is 10.9 Å². The Hall–Kier alpha value is -3.94. The van der Waals surface area contributed by atoms with Gasteiger partial charge in [0.15, 0.2) is 5.82 Å². The van der Waals surface area contributed by atoms with Crippen LogP contribution in [0.1, 0.15) is 34.5 Å². The molecular formula is C22H21N5O3. The van der Waals surface area contributed by atoms with Crippen molar-refractivity contribution in [1.29, 1.82) is 0 Å². The molecule has 0 saturated carbocycles. The second kappa shape index (κ2) is 7.47. The SMILES string of the molecule is Cc1cc(C(C)Nc2cccc(C(=O)O)c2)c2nc(-c3ccn[nH]3)n(C)c(=O)c2c1. The maximum Gasteiger partial charge on any atom is 0.335 e. The van der Waals surface area contributed by atoms with Crippen molar-refractivity contribution in [2.24, 2.45) is 7.05 Å². The Morgan fingerprint density at radius 2 is 2.03 bits per heavy atom. The van der Waals surface area contributed by atoms with Crippen molar-refractivity contribution in [3.8, 4) is 11.5 Å². The van der Waals surface area contributed by atoms with Crippen LogP contribution in [0.2, 0.25) is 0 Å². The van der Waals surface area contributed by atoms with E-state index in [1.807, 2.05) is 32.0 Å². The summed E-state index contributed by atoms with van der Waals surface area (Å²) >= 11 is 0. The number of nitrogens with one attached hydrogen (secondary N) is 2. The number of carboxylic acids is 1. The number of hydrogen-bond acceptors (Lipinski definition) is 5. The second-order valence-corrected chi connectivity index (χ2v) is 7.27. The first kappa shape index (κ1) is 19.4. The van der Waals surface area contributed by atoms with Crippen LogP contribution in [-0.4, -0.2) is 30.8 Å². The third kappa shape index (κ3) is 3.43. The van der Waals surface area contributed by atoms with Crippen molar-refractivity contribution in [2.75, 3.05) is 5.32 Å². The van der Waals surface area contributed by atoms with Crippen LogP contribution in [0.15, 0.2) is 53.5 Å². The van der Waals surface area contributed by atoms with Crippen LogP contribution in [0.25, 0.3) is 22.4 Å². The molecule has 1 atom stereocenters. The van der Waals surface area contributed by atoms with E-state index in [0.29, 0.717) is 28.1 Å². The molecule has 0 aliphatic rings. The number of nitrogens with zero attached hydrogens (tertiary/aromatic N) is 3. The highest BCUT2D eigenvalue weighted by Crippen LogP contribution is 2.28. The number of aromatic amines is 1. The third-order valence-corrected chi connectivity index (χ3v) is 5.06. The molecule has 8 nitrogen and oxygen atoms in total. The summed E-state index contributed by atoms with van der Waals surface area (Å²) < 4.78 is 1.51. The van der Waals surface area contributed by atoms with E-state index in [-0.39, 0.29) is 17.2 Å². The van der Waals surface area contributed by atoms with Gasteiger partial charge in [-0.25, -0.2) is 9.78 Å². The van der Waals surface area contributed by atoms with E-state index in [2.05, 4.69) is 15.5 Å². The monoisotopic (exact) mass is 403 g/mol. The summed E-state index contributed by atoms with van der Waals surface area (Å²) in [6.07, 6.45) is 1.61. The Balaban J connectivity index is 1.85. The number of benzene rings is 2. The number of carbonyl (C=O) groups is 1. The van der Waals surface area contributed by atoms with Gasteiger partial charge in [0.1, 0.15) is 5.69 Å². The largest absolute Gasteiger partial charge is 0.478 e. The van der Waals surface area contributed by atoms with Gasteiger partial charge >= 0.3 is 5.97 Å². The van der Waals surface area contributed by atoms with Gasteiger partial charge in [-0.05, 0) is 49.7 Å². The van der Waals surface area contributed by atoms with E-state index >= 15 is 0 Å². The Labute approximate surface area is 172 Å². The van der Waals surface area contributed by atoms with Crippen molar-refractivity contribution in [1.82, 2.24) is 19.7 Å². The number of aryl methyl sites for hydroxylation is 1. The molecule has 2 aromatic heterocycles. The first-order valence-corrected chi connectivity index (χ1v) is 9.46. The standard InChI is InChI=1S/C22H21N5O3/c1-12-9-16(13(2)24-15-6-4-5-14(11-15)22(29)30)19-17(10-12)21(28)27(3)20(25-19)18-7-8-23-26-18/h4-11,13,24H,1-3H3,(H,23,26)(H,29,30). The lowest BCUT2D eigenvalue weighted by atomic mass is 10.0. The smallest absolute Gasteiger partial charge is 0.335 e. The molecule has 2 heterocycles. The fraction of sp³-hybridized carbons (Fsp3) is 0.182. The molecule has 4 aromatic rings. The minimum absolute atomic E-state index is 0.144. The molecule has 0 aliphatic heterocycles. The Morgan fingerprint density at radius 3 is 2.73 bits per heavy atom. The predicted molar refractivity (Wildman–Crippen MR) is 115 cm³/mol. The lowest BCUT2D eigenvalue weighted by molar-refractivity contribution is 0.0697. The Morgan fingerprint density at radius 1 is 1.23 bits per heavy atom. The average Bonchev–Trinajstić information content (AvgIpc) is 3.25. The molecular weight excluding hydrogens is 382 g/mol. The quantitative estimate of drug-likeness (QED) is 0.470. The fourth-order valence-electron chi connectivity index (χ4n) is 3.57. The summed E-state index contributed by atoms with van der Waals surface area (Å²) in [5.74, 6) is -0.489. The van der Waals surface area contributed by atoms with Crippen LogP contribution >= 0.6 is 0 Å². The maximum absolute atomic E-state index is 13.1. The minimum Gasteiger partial charge on any atom is -0.478 e. The number of H-pyrrole nitrogens is 1. The summed E-state index contributed by atoms with van der Waals surface area (Å²) in [7, 11) is 1.69. The number of hydrogen-bond donors (Lipinski definition) is 3. The number of carboxylic acid groups (broad SMARTS) is 1. The summed E-state index contributed by atoms with van der Waals surface area (Å²) in [6.45, 7) is 3.89. The molecule has 152 valence electrons. The molecule has 0 amide bonds. The lowest BCUT2D eigenvalue weighted by Gasteiger charge is -2.19. The van der Waals surface area contributed by atoms with Gasteiger partial charge in [-0.1, -0.05) is 12.1 Å². The highest BCUT2D eigenvalue weighted by Gasteiger charge is 2.18. The molecule has 4 rings (SSSR count). The minimum atomic E-state index is -0.985. The third-order valence-electron chi connectivity index (χ3n) is 5.06. The highest BCUT2D eigenvalue weighted by atomic mass is 16.4. The maximum atomic E-state index is 13.1. The van der Waals surface area contributed by atoms with Crippen LogP contribution in [-0.2, 0) is 7.05 Å². The molecule has 2 aromatic carbocycles. The van der Waals surface area contributed by atoms with E-state index < -0.39 is 5.97 Å². The van der Waals surface area contributed by atoms with Gasteiger partial charge in [0.25, 0.3) is 5.56 Å². The van der Waals surface area contributed by atoms with E-state index in [0.717, 1.165) is 11.1 Å². The number of aromatic nitrogens is 4. The first-order chi connectivity index (χ1) is 14.3. The summed E-state index contributed by atoms with van der Waals surface area (Å²) in [5.41, 5.74) is 3.78. The summed E-state index contributed by atoms with van der Waals surface area (Å²) in [5, 5.41) is 19.9. The highest BCUT2D eigenvalue weighted by molar-refractivity contribution is 5.89. The van der Waals surface area contributed by atoms with Gasteiger partial charge in [-0.2, -0.15) is 5.10 Å². The van der Waals surface area contributed by atoms with Crippen LogP contribution in [0.3, 0.4) is 0 Å². The number of aromatic carboxylic acids is 1. The predicted octanol–water partition coefficient (Wildman–Crippen LogP) is 3.50. The van der Waals surface area contributed by atoms with Gasteiger partial charge in [0.05, 0.1) is 22.5 Å².